The molecule has 2 aliphatic rings. The van der Waals surface area contributed by atoms with Crippen molar-refractivity contribution in [2.75, 3.05) is 0 Å². The van der Waals surface area contributed by atoms with Gasteiger partial charge in [0.15, 0.2) is 5.78 Å². The van der Waals surface area contributed by atoms with Crippen molar-refractivity contribution < 1.29 is 4.79 Å². The summed E-state index contributed by atoms with van der Waals surface area (Å²) in [6, 6.07) is 0. The molecule has 0 N–H and O–H groups in total. The Hall–Kier alpha value is -0.590. The highest BCUT2D eigenvalue weighted by Crippen LogP contribution is 2.45. The van der Waals surface area contributed by atoms with E-state index in [1.807, 2.05) is 6.08 Å². The first kappa shape index (κ1) is 10.9. The van der Waals surface area contributed by atoms with E-state index in [2.05, 4.69) is 20.8 Å². The van der Waals surface area contributed by atoms with Gasteiger partial charge in [-0.25, -0.2) is 0 Å². The lowest BCUT2D eigenvalue weighted by Gasteiger charge is -2.41. The molecule has 2 rings (SSSR count). The van der Waals surface area contributed by atoms with Crippen LogP contribution in [0.1, 0.15) is 46.5 Å². The van der Waals surface area contributed by atoms with E-state index in [1.54, 1.807) is 0 Å². The SMILES string of the molecule is CC(C)[C@@H]1CC[C@H](C)[C@H]2CCC(=O)C=C12. The van der Waals surface area contributed by atoms with Gasteiger partial charge in [-0.15, -0.1) is 0 Å². The van der Waals surface area contributed by atoms with E-state index in [1.165, 1.54) is 18.4 Å². The molecule has 84 valence electrons. The predicted octanol–water partition coefficient (Wildman–Crippen LogP) is 3.59. The maximum absolute atomic E-state index is 11.5. The number of fused-ring (bicyclic) bond motifs is 1. The zero-order chi connectivity index (χ0) is 11.0. The normalized spacial score (nSPS) is 36.4. The highest BCUT2D eigenvalue weighted by Gasteiger charge is 2.36. The number of allylic oxidation sites excluding steroid dienone is 2. The number of carbonyl (C=O) groups is 1. The molecule has 1 saturated carbocycles. The molecule has 0 aliphatic heterocycles. The summed E-state index contributed by atoms with van der Waals surface area (Å²) >= 11 is 0. The molecular weight excluding hydrogens is 184 g/mol. The molecule has 0 heterocycles. The molecule has 0 amide bonds. The molecule has 0 aromatic rings. The van der Waals surface area contributed by atoms with Crippen molar-refractivity contribution >= 4 is 5.78 Å². The lowest BCUT2D eigenvalue weighted by atomic mass is 9.64. The summed E-state index contributed by atoms with van der Waals surface area (Å²) in [5.74, 6) is 3.23. The van der Waals surface area contributed by atoms with Gasteiger partial charge in [0.2, 0.25) is 0 Å². The van der Waals surface area contributed by atoms with Crippen molar-refractivity contribution in [3.8, 4) is 0 Å². The maximum Gasteiger partial charge on any atom is 0.155 e. The fraction of sp³-hybridized carbons (Fsp3) is 0.786. The smallest absolute Gasteiger partial charge is 0.155 e. The van der Waals surface area contributed by atoms with E-state index >= 15 is 0 Å². The first-order valence-electron chi connectivity index (χ1n) is 6.34. The Labute approximate surface area is 92.9 Å². The number of hydrogen-bond acceptors (Lipinski definition) is 1. The number of carbonyl (C=O) groups excluding carboxylic acids is 1. The van der Waals surface area contributed by atoms with Gasteiger partial charge in [-0.2, -0.15) is 0 Å². The van der Waals surface area contributed by atoms with Crippen LogP contribution in [0.25, 0.3) is 0 Å². The van der Waals surface area contributed by atoms with Crippen LogP contribution in [-0.4, -0.2) is 5.78 Å². The molecule has 0 unspecified atom stereocenters. The molecule has 1 nitrogen and oxygen atoms in total. The van der Waals surface area contributed by atoms with Gasteiger partial charge in [0.1, 0.15) is 0 Å². The highest BCUT2D eigenvalue weighted by atomic mass is 16.1. The monoisotopic (exact) mass is 206 g/mol. The summed E-state index contributed by atoms with van der Waals surface area (Å²) in [4.78, 5) is 11.5. The molecular formula is C14H22O. The molecule has 0 aromatic carbocycles. The van der Waals surface area contributed by atoms with Crippen LogP contribution in [0.15, 0.2) is 11.6 Å². The topological polar surface area (TPSA) is 17.1 Å². The number of ketones is 1. The third kappa shape index (κ3) is 2.02. The Balaban J connectivity index is 2.27. The second-order valence-electron chi connectivity index (χ2n) is 5.66. The van der Waals surface area contributed by atoms with Gasteiger partial charge in [0.25, 0.3) is 0 Å². The third-order valence-corrected chi connectivity index (χ3v) is 4.31. The standard InChI is InChI=1S/C14H22O/c1-9(2)12-6-4-10(3)13-7-5-11(15)8-14(12)13/h8-10,12-13H,4-7H2,1-3H3/t10-,12-,13+/m0/s1. The third-order valence-electron chi connectivity index (χ3n) is 4.31. The molecule has 3 atom stereocenters. The van der Waals surface area contributed by atoms with Crippen LogP contribution in [0.3, 0.4) is 0 Å². The summed E-state index contributed by atoms with van der Waals surface area (Å²) in [6.45, 7) is 6.93. The van der Waals surface area contributed by atoms with Gasteiger partial charge in [-0.1, -0.05) is 26.3 Å². The predicted molar refractivity (Wildman–Crippen MR) is 62.5 cm³/mol. The van der Waals surface area contributed by atoms with Crippen LogP contribution in [0.4, 0.5) is 0 Å². The Morgan fingerprint density at radius 2 is 2.00 bits per heavy atom. The van der Waals surface area contributed by atoms with Gasteiger partial charge in [-0.3, -0.25) is 4.79 Å². The molecule has 0 bridgehead atoms. The van der Waals surface area contributed by atoms with Gasteiger partial charge in [-0.05, 0) is 49.0 Å². The van der Waals surface area contributed by atoms with Crippen LogP contribution >= 0.6 is 0 Å². The van der Waals surface area contributed by atoms with Crippen LogP contribution in [0.5, 0.6) is 0 Å². The van der Waals surface area contributed by atoms with E-state index in [0.717, 1.165) is 18.8 Å². The second kappa shape index (κ2) is 4.11. The summed E-state index contributed by atoms with van der Waals surface area (Å²) in [5, 5.41) is 0. The van der Waals surface area contributed by atoms with Crippen LogP contribution in [0, 0.1) is 23.7 Å². The largest absolute Gasteiger partial charge is 0.295 e. The lowest BCUT2D eigenvalue weighted by molar-refractivity contribution is -0.115. The average Bonchev–Trinajstić information content (AvgIpc) is 2.17. The van der Waals surface area contributed by atoms with Crippen molar-refractivity contribution in [2.45, 2.75) is 46.5 Å². The Morgan fingerprint density at radius 3 is 2.67 bits per heavy atom. The molecule has 0 radical (unpaired) electrons. The molecule has 0 spiro atoms. The number of hydrogen-bond donors (Lipinski definition) is 0. The summed E-state index contributed by atoms with van der Waals surface area (Å²) in [6.07, 6.45) is 6.50. The van der Waals surface area contributed by atoms with Gasteiger partial charge in [0, 0.05) is 6.42 Å². The first-order chi connectivity index (χ1) is 7.09. The molecule has 15 heavy (non-hydrogen) atoms. The van der Waals surface area contributed by atoms with E-state index in [9.17, 15) is 4.79 Å². The molecule has 1 fully saturated rings. The van der Waals surface area contributed by atoms with Crippen LogP contribution in [0.2, 0.25) is 0 Å². The highest BCUT2D eigenvalue weighted by molar-refractivity contribution is 5.91. The Morgan fingerprint density at radius 1 is 1.27 bits per heavy atom. The minimum atomic E-state index is 0.362. The van der Waals surface area contributed by atoms with Crippen molar-refractivity contribution in [3.63, 3.8) is 0 Å². The number of rotatable bonds is 1. The fourth-order valence-electron chi connectivity index (χ4n) is 3.35. The van der Waals surface area contributed by atoms with Crippen molar-refractivity contribution in [1.82, 2.24) is 0 Å². The Bertz CT molecular complexity index is 288. The maximum atomic E-state index is 11.5. The average molecular weight is 206 g/mol. The molecule has 1 heteroatoms. The van der Waals surface area contributed by atoms with Gasteiger partial charge in [0.05, 0.1) is 0 Å². The van der Waals surface area contributed by atoms with Crippen molar-refractivity contribution in [2.24, 2.45) is 23.7 Å². The fourth-order valence-corrected chi connectivity index (χ4v) is 3.35. The molecule has 2 aliphatic carbocycles. The van der Waals surface area contributed by atoms with Gasteiger partial charge >= 0.3 is 0 Å². The zero-order valence-electron chi connectivity index (χ0n) is 10.1. The summed E-state index contributed by atoms with van der Waals surface area (Å²) in [5.41, 5.74) is 1.49. The summed E-state index contributed by atoms with van der Waals surface area (Å²) < 4.78 is 0. The summed E-state index contributed by atoms with van der Waals surface area (Å²) in [7, 11) is 0. The van der Waals surface area contributed by atoms with Crippen LogP contribution in [-0.2, 0) is 4.79 Å². The van der Waals surface area contributed by atoms with Crippen LogP contribution < -0.4 is 0 Å². The van der Waals surface area contributed by atoms with E-state index < -0.39 is 0 Å². The zero-order valence-corrected chi connectivity index (χ0v) is 10.1. The van der Waals surface area contributed by atoms with E-state index in [-0.39, 0.29) is 0 Å². The van der Waals surface area contributed by atoms with Crippen molar-refractivity contribution in [3.05, 3.63) is 11.6 Å². The van der Waals surface area contributed by atoms with E-state index in [4.69, 9.17) is 0 Å². The lowest BCUT2D eigenvalue weighted by Crippen LogP contribution is -2.32. The Kier molecular flexibility index (Phi) is 2.99. The second-order valence-corrected chi connectivity index (χ2v) is 5.66. The minimum Gasteiger partial charge on any atom is -0.295 e. The van der Waals surface area contributed by atoms with Gasteiger partial charge < -0.3 is 0 Å². The quantitative estimate of drug-likeness (QED) is 0.640. The van der Waals surface area contributed by atoms with E-state index in [0.29, 0.717) is 23.5 Å². The molecule has 0 saturated heterocycles. The minimum absolute atomic E-state index is 0.362. The van der Waals surface area contributed by atoms with Crippen molar-refractivity contribution in [1.29, 1.82) is 0 Å². The molecule has 0 aromatic heterocycles. The first-order valence-corrected chi connectivity index (χ1v) is 6.34.